The summed E-state index contributed by atoms with van der Waals surface area (Å²) in [5, 5.41) is 15.4. The molecule has 0 radical (unpaired) electrons. The number of aromatic nitrogens is 1. The molecule has 118 valence electrons. The zero-order valence-electron chi connectivity index (χ0n) is 13.0. The van der Waals surface area contributed by atoms with E-state index in [2.05, 4.69) is 10.5 Å². The Morgan fingerprint density at radius 3 is 2.43 bits per heavy atom. The first-order valence-electron chi connectivity index (χ1n) is 6.71. The number of nitrogens with zero attached hydrogens (tertiary/aromatic N) is 1. The summed E-state index contributed by atoms with van der Waals surface area (Å²) in [6, 6.07) is 0. The number of aryl methyl sites for hydroxylation is 2. The van der Waals surface area contributed by atoms with E-state index in [-0.39, 0.29) is 13.0 Å². The van der Waals surface area contributed by atoms with Crippen LogP contribution < -0.4 is 5.32 Å². The molecule has 0 aromatic carbocycles. The van der Waals surface area contributed by atoms with Gasteiger partial charge in [-0.1, -0.05) is 5.16 Å². The number of rotatable bonds is 5. The Hall–Kier alpha value is -2.05. The second-order valence-electron chi connectivity index (χ2n) is 5.92. The molecule has 1 heterocycles. The highest BCUT2D eigenvalue weighted by Gasteiger charge is 2.24. The van der Waals surface area contributed by atoms with Gasteiger partial charge in [0, 0.05) is 18.0 Å². The Morgan fingerprint density at radius 1 is 1.38 bits per heavy atom. The molecule has 7 nitrogen and oxygen atoms in total. The molecule has 1 rings (SSSR count). The smallest absolute Gasteiger partial charge is 0.407 e. The van der Waals surface area contributed by atoms with Crippen LogP contribution in [-0.2, 0) is 9.53 Å². The van der Waals surface area contributed by atoms with Crippen molar-refractivity contribution in [2.75, 3.05) is 6.54 Å². The number of hydrogen-bond acceptors (Lipinski definition) is 5. The lowest BCUT2D eigenvalue weighted by molar-refractivity contribution is -0.137. The first kappa shape index (κ1) is 17.0. The first-order chi connectivity index (χ1) is 9.60. The van der Waals surface area contributed by atoms with Gasteiger partial charge < -0.3 is 19.7 Å². The molecule has 0 spiro atoms. The van der Waals surface area contributed by atoms with E-state index in [9.17, 15) is 9.59 Å². The van der Waals surface area contributed by atoms with Crippen molar-refractivity contribution in [2.45, 2.75) is 52.6 Å². The van der Waals surface area contributed by atoms with Crippen LogP contribution in [-0.4, -0.2) is 34.5 Å². The number of carboxylic acid groups (broad SMARTS) is 1. The monoisotopic (exact) mass is 298 g/mol. The van der Waals surface area contributed by atoms with Crippen LogP contribution in [0.25, 0.3) is 0 Å². The van der Waals surface area contributed by atoms with Gasteiger partial charge in [0.15, 0.2) is 0 Å². The Labute approximate surface area is 123 Å². The number of carbonyl (C=O) groups excluding carboxylic acids is 1. The standard InChI is InChI=1S/C14H22N2O5/c1-8-12(9(2)21-16-8)10(6-11(17)18)7-15-13(19)20-14(3,4)5/h10H,6-7H2,1-5H3,(H,15,19)(H,17,18). The zero-order chi connectivity index (χ0) is 16.2. The van der Waals surface area contributed by atoms with Crippen LogP contribution in [0.2, 0.25) is 0 Å². The molecule has 1 aromatic heterocycles. The van der Waals surface area contributed by atoms with Gasteiger partial charge >= 0.3 is 12.1 Å². The summed E-state index contributed by atoms with van der Waals surface area (Å²) < 4.78 is 10.2. The molecule has 0 fully saturated rings. The highest BCUT2D eigenvalue weighted by atomic mass is 16.6. The van der Waals surface area contributed by atoms with Crippen LogP contribution in [0.3, 0.4) is 0 Å². The normalized spacial score (nSPS) is 12.8. The predicted octanol–water partition coefficient (Wildman–Crippen LogP) is 2.37. The van der Waals surface area contributed by atoms with Crippen molar-refractivity contribution in [3.05, 3.63) is 17.0 Å². The van der Waals surface area contributed by atoms with Gasteiger partial charge in [-0.2, -0.15) is 0 Å². The fraction of sp³-hybridized carbons (Fsp3) is 0.643. The topological polar surface area (TPSA) is 102 Å². The van der Waals surface area contributed by atoms with E-state index in [0.29, 0.717) is 17.0 Å². The lowest BCUT2D eigenvalue weighted by Gasteiger charge is -2.21. The molecule has 0 saturated carbocycles. The average molecular weight is 298 g/mol. The van der Waals surface area contributed by atoms with E-state index in [1.54, 1.807) is 34.6 Å². The molecule has 0 aliphatic carbocycles. The maximum Gasteiger partial charge on any atom is 0.407 e. The van der Waals surface area contributed by atoms with E-state index < -0.39 is 23.6 Å². The molecule has 1 amide bonds. The average Bonchev–Trinajstić information content (AvgIpc) is 2.62. The summed E-state index contributed by atoms with van der Waals surface area (Å²) in [5.74, 6) is -0.808. The van der Waals surface area contributed by atoms with Crippen molar-refractivity contribution in [3.8, 4) is 0 Å². The van der Waals surface area contributed by atoms with Crippen LogP contribution in [0.15, 0.2) is 4.52 Å². The molecular weight excluding hydrogens is 276 g/mol. The molecule has 0 aliphatic heterocycles. The number of amides is 1. The third-order valence-electron chi connectivity index (χ3n) is 2.81. The van der Waals surface area contributed by atoms with Crippen LogP contribution >= 0.6 is 0 Å². The van der Waals surface area contributed by atoms with Crippen LogP contribution in [0.4, 0.5) is 4.79 Å². The van der Waals surface area contributed by atoms with Crippen molar-refractivity contribution >= 4 is 12.1 Å². The molecule has 1 unspecified atom stereocenters. The van der Waals surface area contributed by atoms with Crippen LogP contribution in [0, 0.1) is 13.8 Å². The third-order valence-corrected chi connectivity index (χ3v) is 2.81. The van der Waals surface area contributed by atoms with Gasteiger partial charge in [-0.15, -0.1) is 0 Å². The minimum atomic E-state index is -0.953. The van der Waals surface area contributed by atoms with Crippen LogP contribution in [0.5, 0.6) is 0 Å². The highest BCUT2D eigenvalue weighted by Crippen LogP contribution is 2.26. The van der Waals surface area contributed by atoms with Crippen molar-refractivity contribution < 1.29 is 24.0 Å². The summed E-state index contributed by atoms with van der Waals surface area (Å²) >= 11 is 0. The van der Waals surface area contributed by atoms with E-state index >= 15 is 0 Å². The van der Waals surface area contributed by atoms with Crippen molar-refractivity contribution in [1.82, 2.24) is 10.5 Å². The second kappa shape index (κ2) is 6.60. The van der Waals surface area contributed by atoms with E-state index in [1.165, 1.54) is 0 Å². The quantitative estimate of drug-likeness (QED) is 0.865. The largest absolute Gasteiger partial charge is 0.481 e. The Morgan fingerprint density at radius 2 is 2.00 bits per heavy atom. The second-order valence-corrected chi connectivity index (χ2v) is 5.92. The van der Waals surface area contributed by atoms with E-state index in [4.69, 9.17) is 14.4 Å². The molecule has 0 saturated heterocycles. The minimum absolute atomic E-state index is 0.126. The summed E-state index contributed by atoms with van der Waals surface area (Å²) in [7, 11) is 0. The fourth-order valence-corrected chi connectivity index (χ4v) is 2.08. The fourth-order valence-electron chi connectivity index (χ4n) is 2.08. The number of carboxylic acids is 1. The molecule has 1 aromatic rings. The SMILES string of the molecule is Cc1noc(C)c1C(CNC(=O)OC(C)(C)C)CC(=O)O. The summed E-state index contributed by atoms with van der Waals surface area (Å²) in [6.07, 6.45) is -0.705. The van der Waals surface area contributed by atoms with Crippen LogP contribution in [0.1, 0.15) is 50.1 Å². The first-order valence-corrected chi connectivity index (χ1v) is 6.71. The summed E-state index contributed by atoms with van der Waals surface area (Å²) in [5.41, 5.74) is 0.744. The number of alkyl carbamates (subject to hydrolysis) is 1. The number of ether oxygens (including phenoxy) is 1. The lowest BCUT2D eigenvalue weighted by Crippen LogP contribution is -2.35. The Balaban J connectivity index is 2.77. The minimum Gasteiger partial charge on any atom is -0.481 e. The van der Waals surface area contributed by atoms with Crippen molar-refractivity contribution in [2.24, 2.45) is 0 Å². The maximum atomic E-state index is 11.7. The molecular formula is C14H22N2O5. The zero-order valence-corrected chi connectivity index (χ0v) is 13.0. The van der Waals surface area contributed by atoms with Gasteiger partial charge in [-0.3, -0.25) is 4.79 Å². The Bertz CT molecular complexity index is 496. The van der Waals surface area contributed by atoms with Gasteiger partial charge in [-0.25, -0.2) is 4.79 Å². The number of nitrogens with one attached hydrogen (secondary N) is 1. The van der Waals surface area contributed by atoms with Crippen molar-refractivity contribution in [3.63, 3.8) is 0 Å². The predicted molar refractivity (Wildman–Crippen MR) is 75.2 cm³/mol. The molecule has 0 aliphatic rings. The lowest BCUT2D eigenvalue weighted by atomic mass is 9.94. The molecule has 0 bridgehead atoms. The third kappa shape index (κ3) is 5.45. The molecule has 21 heavy (non-hydrogen) atoms. The van der Waals surface area contributed by atoms with Gasteiger partial charge in [0.25, 0.3) is 0 Å². The van der Waals surface area contributed by atoms with Crippen molar-refractivity contribution in [1.29, 1.82) is 0 Å². The van der Waals surface area contributed by atoms with Gasteiger partial charge in [0.05, 0.1) is 12.1 Å². The molecule has 1 atom stereocenters. The number of carbonyl (C=O) groups is 2. The van der Waals surface area contributed by atoms with Gasteiger partial charge in [-0.05, 0) is 34.6 Å². The van der Waals surface area contributed by atoms with E-state index in [1.807, 2.05) is 0 Å². The number of hydrogen-bond donors (Lipinski definition) is 2. The van der Waals surface area contributed by atoms with E-state index in [0.717, 1.165) is 0 Å². The maximum absolute atomic E-state index is 11.7. The highest BCUT2D eigenvalue weighted by molar-refractivity contribution is 5.70. The summed E-state index contributed by atoms with van der Waals surface area (Å²) in [6.45, 7) is 8.89. The van der Waals surface area contributed by atoms with Gasteiger partial charge in [0.2, 0.25) is 0 Å². The molecule has 2 N–H and O–H groups in total. The molecule has 7 heteroatoms. The van der Waals surface area contributed by atoms with Gasteiger partial charge in [0.1, 0.15) is 11.4 Å². The summed E-state index contributed by atoms with van der Waals surface area (Å²) in [4.78, 5) is 22.7. The Kier molecular flexibility index (Phi) is 5.34. The number of aliphatic carboxylic acids is 1.